The summed E-state index contributed by atoms with van der Waals surface area (Å²) in [5.74, 6) is 0.613. The third-order valence-corrected chi connectivity index (χ3v) is 5.41. The van der Waals surface area contributed by atoms with Gasteiger partial charge in [-0.15, -0.1) is 0 Å². The molecule has 31 heavy (non-hydrogen) atoms. The SMILES string of the molecule is CCOc1ccccc1NC(=O)CN1CCN(CC(=O)Nc2c(C)cccc2C)CC1. The van der Waals surface area contributed by atoms with Crippen LogP contribution in [0.4, 0.5) is 11.4 Å². The number of rotatable bonds is 8. The lowest BCUT2D eigenvalue weighted by molar-refractivity contribution is -0.120. The van der Waals surface area contributed by atoms with Crippen LogP contribution in [0.25, 0.3) is 0 Å². The van der Waals surface area contributed by atoms with Crippen molar-refractivity contribution in [2.45, 2.75) is 20.8 Å². The molecule has 1 aliphatic heterocycles. The molecule has 3 rings (SSSR count). The van der Waals surface area contributed by atoms with Crippen molar-refractivity contribution >= 4 is 23.2 Å². The number of aryl methyl sites for hydroxylation is 2. The van der Waals surface area contributed by atoms with Gasteiger partial charge in [-0.1, -0.05) is 30.3 Å². The number of nitrogens with one attached hydrogen (secondary N) is 2. The maximum atomic E-state index is 12.5. The van der Waals surface area contributed by atoms with Crippen LogP contribution in [0.5, 0.6) is 5.75 Å². The number of amides is 2. The van der Waals surface area contributed by atoms with Gasteiger partial charge >= 0.3 is 0 Å². The molecule has 1 heterocycles. The first-order chi connectivity index (χ1) is 15.0. The van der Waals surface area contributed by atoms with E-state index in [1.807, 2.05) is 63.2 Å². The molecule has 166 valence electrons. The monoisotopic (exact) mass is 424 g/mol. The smallest absolute Gasteiger partial charge is 0.238 e. The van der Waals surface area contributed by atoms with Gasteiger partial charge in [0.1, 0.15) is 5.75 Å². The maximum Gasteiger partial charge on any atom is 0.238 e. The summed E-state index contributed by atoms with van der Waals surface area (Å²) in [6.07, 6.45) is 0. The third kappa shape index (κ3) is 6.54. The van der Waals surface area contributed by atoms with Crippen molar-refractivity contribution in [2.24, 2.45) is 0 Å². The normalized spacial score (nSPS) is 14.8. The fourth-order valence-corrected chi connectivity index (χ4v) is 3.74. The lowest BCUT2D eigenvalue weighted by atomic mass is 10.1. The summed E-state index contributed by atoms with van der Waals surface area (Å²) in [5.41, 5.74) is 3.72. The lowest BCUT2D eigenvalue weighted by Gasteiger charge is -2.33. The topological polar surface area (TPSA) is 73.9 Å². The molecule has 0 aliphatic carbocycles. The molecule has 0 radical (unpaired) electrons. The zero-order chi connectivity index (χ0) is 22.2. The standard InChI is InChI=1S/C24H32N4O3/c1-4-31-21-11-6-5-10-20(21)25-22(29)16-27-12-14-28(15-13-27)17-23(30)26-24-18(2)8-7-9-19(24)3/h5-11H,4,12-17H2,1-3H3,(H,25,29)(H,26,30). The second kappa shape index (κ2) is 10.9. The van der Waals surface area contributed by atoms with E-state index in [0.29, 0.717) is 31.1 Å². The van der Waals surface area contributed by atoms with E-state index in [1.165, 1.54) is 0 Å². The van der Waals surface area contributed by atoms with Gasteiger partial charge in [0.05, 0.1) is 25.4 Å². The Balaban J connectivity index is 1.43. The maximum absolute atomic E-state index is 12.5. The summed E-state index contributed by atoms with van der Waals surface area (Å²) in [6, 6.07) is 13.4. The van der Waals surface area contributed by atoms with Gasteiger partial charge in [-0.3, -0.25) is 19.4 Å². The van der Waals surface area contributed by atoms with Gasteiger partial charge in [0.15, 0.2) is 0 Å². The van der Waals surface area contributed by atoms with Crippen LogP contribution in [-0.4, -0.2) is 67.5 Å². The summed E-state index contributed by atoms with van der Waals surface area (Å²) < 4.78 is 5.56. The van der Waals surface area contributed by atoms with Crippen LogP contribution in [-0.2, 0) is 9.59 Å². The molecule has 1 saturated heterocycles. The van der Waals surface area contributed by atoms with Crippen molar-refractivity contribution in [1.29, 1.82) is 0 Å². The average Bonchev–Trinajstić information content (AvgIpc) is 2.74. The summed E-state index contributed by atoms with van der Waals surface area (Å²) in [6.45, 7) is 10.1. The highest BCUT2D eigenvalue weighted by Gasteiger charge is 2.21. The van der Waals surface area contributed by atoms with E-state index < -0.39 is 0 Å². The number of carbonyl (C=O) groups is 2. The van der Waals surface area contributed by atoms with Crippen molar-refractivity contribution < 1.29 is 14.3 Å². The number of hydrogen-bond donors (Lipinski definition) is 2. The van der Waals surface area contributed by atoms with Crippen LogP contribution in [0, 0.1) is 13.8 Å². The van der Waals surface area contributed by atoms with Crippen molar-refractivity contribution in [3.05, 3.63) is 53.6 Å². The predicted octanol–water partition coefficient (Wildman–Crippen LogP) is 2.90. The summed E-state index contributed by atoms with van der Waals surface area (Å²) in [4.78, 5) is 29.2. The van der Waals surface area contributed by atoms with E-state index in [9.17, 15) is 9.59 Å². The van der Waals surface area contributed by atoms with Gasteiger partial charge in [0, 0.05) is 31.9 Å². The average molecular weight is 425 g/mol. The van der Waals surface area contributed by atoms with Crippen molar-refractivity contribution in [1.82, 2.24) is 9.80 Å². The number of benzene rings is 2. The van der Waals surface area contributed by atoms with Gasteiger partial charge in [0.25, 0.3) is 0 Å². The van der Waals surface area contributed by atoms with Crippen LogP contribution in [0.2, 0.25) is 0 Å². The predicted molar refractivity (Wildman–Crippen MR) is 124 cm³/mol. The first-order valence-corrected chi connectivity index (χ1v) is 10.8. The molecule has 2 N–H and O–H groups in total. The van der Waals surface area contributed by atoms with Crippen LogP contribution in [0.1, 0.15) is 18.1 Å². The number of hydrogen-bond acceptors (Lipinski definition) is 5. The quantitative estimate of drug-likeness (QED) is 0.682. The highest BCUT2D eigenvalue weighted by atomic mass is 16.5. The van der Waals surface area contributed by atoms with E-state index in [0.717, 1.165) is 43.0 Å². The first-order valence-electron chi connectivity index (χ1n) is 10.8. The molecule has 7 heteroatoms. The van der Waals surface area contributed by atoms with E-state index >= 15 is 0 Å². The molecule has 0 bridgehead atoms. The molecule has 0 saturated carbocycles. The fourth-order valence-electron chi connectivity index (χ4n) is 3.74. The van der Waals surface area contributed by atoms with Crippen LogP contribution >= 0.6 is 0 Å². The molecule has 1 aliphatic rings. The summed E-state index contributed by atoms with van der Waals surface area (Å²) >= 11 is 0. The van der Waals surface area contributed by atoms with E-state index in [4.69, 9.17) is 4.74 Å². The van der Waals surface area contributed by atoms with E-state index in [1.54, 1.807) is 0 Å². The molecule has 0 aromatic heterocycles. The van der Waals surface area contributed by atoms with Crippen molar-refractivity contribution in [3.8, 4) is 5.75 Å². The fraction of sp³-hybridized carbons (Fsp3) is 0.417. The Labute approximate surface area is 184 Å². The number of ether oxygens (including phenoxy) is 1. The Morgan fingerprint density at radius 2 is 1.39 bits per heavy atom. The highest BCUT2D eigenvalue weighted by Crippen LogP contribution is 2.23. The van der Waals surface area contributed by atoms with Gasteiger partial charge in [-0.25, -0.2) is 0 Å². The minimum absolute atomic E-state index is 0.00359. The van der Waals surface area contributed by atoms with Crippen LogP contribution in [0.3, 0.4) is 0 Å². The Morgan fingerprint density at radius 1 is 0.839 bits per heavy atom. The molecule has 7 nitrogen and oxygen atoms in total. The first kappa shape index (κ1) is 22.8. The molecule has 0 atom stereocenters. The molecule has 0 unspecified atom stereocenters. The number of piperazine rings is 1. The zero-order valence-electron chi connectivity index (χ0n) is 18.6. The molecular formula is C24H32N4O3. The number of anilines is 2. The lowest BCUT2D eigenvalue weighted by Crippen LogP contribution is -2.50. The van der Waals surface area contributed by atoms with Crippen LogP contribution < -0.4 is 15.4 Å². The Bertz CT molecular complexity index is 887. The summed E-state index contributed by atoms with van der Waals surface area (Å²) in [7, 11) is 0. The van der Waals surface area contributed by atoms with Gasteiger partial charge < -0.3 is 15.4 Å². The van der Waals surface area contributed by atoms with Crippen molar-refractivity contribution in [3.63, 3.8) is 0 Å². The molecule has 0 spiro atoms. The second-order valence-corrected chi connectivity index (χ2v) is 7.84. The number of carbonyl (C=O) groups excluding carboxylic acids is 2. The number of nitrogens with zero attached hydrogens (tertiary/aromatic N) is 2. The molecule has 2 aromatic carbocycles. The Kier molecular flexibility index (Phi) is 8.03. The van der Waals surface area contributed by atoms with Gasteiger partial charge in [-0.2, -0.15) is 0 Å². The molecule has 2 amide bonds. The van der Waals surface area contributed by atoms with E-state index in [2.05, 4.69) is 20.4 Å². The number of para-hydroxylation sites is 3. The minimum atomic E-state index is -0.0617. The van der Waals surface area contributed by atoms with Crippen LogP contribution in [0.15, 0.2) is 42.5 Å². The molecular weight excluding hydrogens is 392 g/mol. The Hall–Kier alpha value is -2.90. The minimum Gasteiger partial charge on any atom is -0.492 e. The molecule has 1 fully saturated rings. The zero-order valence-corrected chi connectivity index (χ0v) is 18.6. The summed E-state index contributed by atoms with van der Waals surface area (Å²) in [5, 5.41) is 5.98. The second-order valence-electron chi connectivity index (χ2n) is 7.84. The Morgan fingerprint density at radius 3 is 1.97 bits per heavy atom. The highest BCUT2D eigenvalue weighted by molar-refractivity contribution is 5.94. The van der Waals surface area contributed by atoms with E-state index in [-0.39, 0.29) is 11.8 Å². The van der Waals surface area contributed by atoms with Crippen molar-refractivity contribution in [2.75, 3.05) is 56.5 Å². The largest absolute Gasteiger partial charge is 0.492 e. The molecule has 2 aromatic rings. The third-order valence-electron chi connectivity index (χ3n) is 5.41. The van der Waals surface area contributed by atoms with Gasteiger partial charge in [0.2, 0.25) is 11.8 Å². The van der Waals surface area contributed by atoms with Gasteiger partial charge in [-0.05, 0) is 44.0 Å².